The molecule has 0 atom stereocenters. The minimum Gasteiger partial charge on any atom is -0.456 e. The Balaban J connectivity index is 0.908. The Hall–Kier alpha value is -7.16. The molecule has 0 radical (unpaired) electrons. The fourth-order valence-corrected chi connectivity index (χ4v) is 9.32. The van der Waals surface area contributed by atoms with Crippen molar-refractivity contribution in [3.05, 3.63) is 174 Å². The van der Waals surface area contributed by atoms with Crippen LogP contribution in [0, 0.1) is 11.3 Å². The Kier molecular flexibility index (Phi) is 7.72. The van der Waals surface area contributed by atoms with Crippen LogP contribution in [-0.2, 0) is 5.41 Å². The highest BCUT2D eigenvalue weighted by Gasteiger charge is 2.44. The Bertz CT molecular complexity index is 3040. The molecule has 0 saturated heterocycles. The van der Waals surface area contributed by atoms with Crippen LogP contribution in [-0.4, -0.2) is 15.0 Å². The van der Waals surface area contributed by atoms with Crippen LogP contribution in [0.15, 0.2) is 162 Å². The first-order chi connectivity index (χ1) is 28.1. The lowest BCUT2D eigenvalue weighted by Gasteiger charge is -2.36. The van der Waals surface area contributed by atoms with Crippen molar-refractivity contribution in [1.29, 1.82) is 5.26 Å². The number of rotatable bonds is 5. The molecule has 11 rings (SSSR count). The molecule has 1 fully saturated rings. The van der Waals surface area contributed by atoms with Crippen LogP contribution in [0.2, 0.25) is 0 Å². The predicted octanol–water partition coefficient (Wildman–Crippen LogP) is 13.2. The summed E-state index contributed by atoms with van der Waals surface area (Å²) in [5, 5.41) is 11.9. The van der Waals surface area contributed by atoms with Gasteiger partial charge in [0.2, 0.25) is 0 Å². The molecule has 1 spiro atoms. The van der Waals surface area contributed by atoms with E-state index in [1.807, 2.05) is 60.7 Å². The highest BCUT2D eigenvalue weighted by Crippen LogP contribution is 2.56. The summed E-state index contributed by atoms with van der Waals surface area (Å²) in [6.07, 6.45) is 5.99. The molecule has 7 aromatic carbocycles. The zero-order valence-electron chi connectivity index (χ0n) is 31.2. The van der Waals surface area contributed by atoms with E-state index in [0.29, 0.717) is 17.5 Å². The molecule has 0 aliphatic heterocycles. The zero-order valence-corrected chi connectivity index (χ0v) is 31.2. The van der Waals surface area contributed by atoms with Gasteiger partial charge in [0.05, 0.1) is 11.6 Å². The largest absolute Gasteiger partial charge is 0.456 e. The van der Waals surface area contributed by atoms with Gasteiger partial charge in [0, 0.05) is 32.9 Å². The molecular weight excluding hydrogens is 697 g/mol. The molecule has 2 aliphatic rings. The fourth-order valence-electron chi connectivity index (χ4n) is 9.32. The molecule has 0 amide bonds. The third-order valence-electron chi connectivity index (χ3n) is 12.2. The monoisotopic (exact) mass is 732 g/mol. The van der Waals surface area contributed by atoms with Crippen LogP contribution in [0.1, 0.15) is 48.8 Å². The lowest BCUT2D eigenvalue weighted by molar-refractivity contribution is 0.353. The van der Waals surface area contributed by atoms with Crippen molar-refractivity contribution in [2.24, 2.45) is 0 Å². The molecular formula is C52H36N4O. The average Bonchev–Trinajstić information content (AvgIpc) is 3.78. The first-order valence-electron chi connectivity index (χ1n) is 19.8. The summed E-state index contributed by atoms with van der Waals surface area (Å²) in [5.41, 5.74) is 15.2. The number of nitrogens with zero attached hydrogens (tertiary/aromatic N) is 4. The fraction of sp³-hybridized carbons (Fsp3) is 0.115. The first-order valence-corrected chi connectivity index (χ1v) is 19.8. The number of hydrogen-bond acceptors (Lipinski definition) is 5. The van der Waals surface area contributed by atoms with Gasteiger partial charge in [-0.05, 0) is 93.7 Å². The quantitative estimate of drug-likeness (QED) is 0.176. The van der Waals surface area contributed by atoms with Crippen molar-refractivity contribution >= 4 is 21.9 Å². The summed E-state index contributed by atoms with van der Waals surface area (Å²) in [5.74, 6) is 1.83. The number of aromatic nitrogens is 3. The van der Waals surface area contributed by atoms with Gasteiger partial charge in [0.1, 0.15) is 11.2 Å². The summed E-state index contributed by atoms with van der Waals surface area (Å²) >= 11 is 0. The first kappa shape index (κ1) is 33.2. The maximum atomic E-state index is 9.72. The SMILES string of the molecule is N#Cc1ccc2c(c1)C1(CCCCC1)c1cc(-c3ccc(-c4ccc(-c5nc(-c6ccccc6)nc(-c6ccc7c(c6)oc6ccccc67)n5)cc4)cc3)ccc1-2. The maximum absolute atomic E-state index is 9.72. The molecule has 0 unspecified atom stereocenters. The van der Waals surface area contributed by atoms with E-state index in [9.17, 15) is 5.26 Å². The van der Waals surface area contributed by atoms with Crippen molar-refractivity contribution in [1.82, 2.24) is 15.0 Å². The minimum absolute atomic E-state index is 0.00322. The third kappa shape index (κ3) is 5.56. The predicted molar refractivity (Wildman–Crippen MR) is 228 cm³/mol. The van der Waals surface area contributed by atoms with Gasteiger partial charge in [0.15, 0.2) is 17.5 Å². The standard InChI is InChI=1S/C52H36N4O/c53-32-33-13-24-41-42-25-22-39(30-46(42)52(45(41)29-33)27-7-2-8-28-52)36-16-14-34(15-17-36)35-18-20-38(21-19-35)50-54-49(37-9-3-1-4-10-37)55-51(56-50)40-23-26-44-43-11-5-6-12-47(43)57-48(44)31-40/h1,3-6,9-26,29-31H,2,7-8,27-28H2. The van der Waals surface area contributed by atoms with Crippen molar-refractivity contribution in [2.75, 3.05) is 0 Å². The summed E-state index contributed by atoms with van der Waals surface area (Å²) < 4.78 is 6.21. The normalized spacial score (nSPS) is 14.1. The highest BCUT2D eigenvalue weighted by atomic mass is 16.3. The summed E-state index contributed by atoms with van der Waals surface area (Å²) in [7, 11) is 0. The zero-order chi connectivity index (χ0) is 37.9. The van der Waals surface area contributed by atoms with Gasteiger partial charge >= 0.3 is 0 Å². The van der Waals surface area contributed by atoms with Gasteiger partial charge in [-0.25, -0.2) is 15.0 Å². The number of benzene rings is 7. The van der Waals surface area contributed by atoms with E-state index in [0.717, 1.165) is 68.2 Å². The topological polar surface area (TPSA) is 75.6 Å². The van der Waals surface area contributed by atoms with Gasteiger partial charge in [-0.2, -0.15) is 5.26 Å². The van der Waals surface area contributed by atoms with Gasteiger partial charge in [0.25, 0.3) is 0 Å². The Morgan fingerprint density at radius 1 is 0.439 bits per heavy atom. The molecule has 57 heavy (non-hydrogen) atoms. The Morgan fingerprint density at radius 2 is 0.965 bits per heavy atom. The van der Waals surface area contributed by atoms with Crippen molar-refractivity contribution in [3.63, 3.8) is 0 Å². The average molecular weight is 733 g/mol. The number of para-hydroxylation sites is 1. The second-order valence-corrected chi connectivity index (χ2v) is 15.4. The molecule has 2 aliphatic carbocycles. The molecule has 1 saturated carbocycles. The molecule has 0 N–H and O–H groups in total. The number of nitriles is 1. The van der Waals surface area contributed by atoms with Crippen LogP contribution in [0.25, 0.3) is 89.5 Å². The Labute approximate surface area is 331 Å². The van der Waals surface area contributed by atoms with Crippen molar-refractivity contribution < 1.29 is 4.42 Å². The van der Waals surface area contributed by atoms with Crippen molar-refractivity contribution in [3.8, 4) is 73.6 Å². The van der Waals surface area contributed by atoms with Gasteiger partial charge in [-0.3, -0.25) is 0 Å². The van der Waals surface area contributed by atoms with Gasteiger partial charge in [-0.1, -0.05) is 141 Å². The Morgan fingerprint density at radius 3 is 1.67 bits per heavy atom. The molecule has 5 nitrogen and oxygen atoms in total. The molecule has 0 bridgehead atoms. The van der Waals surface area contributed by atoms with Crippen LogP contribution in [0.4, 0.5) is 0 Å². The number of hydrogen-bond donors (Lipinski definition) is 0. The molecule has 270 valence electrons. The van der Waals surface area contributed by atoms with Gasteiger partial charge < -0.3 is 4.42 Å². The second-order valence-electron chi connectivity index (χ2n) is 15.4. The van der Waals surface area contributed by atoms with E-state index in [1.54, 1.807) is 0 Å². The van der Waals surface area contributed by atoms with Gasteiger partial charge in [-0.15, -0.1) is 0 Å². The lowest BCUT2D eigenvalue weighted by atomic mass is 9.67. The molecule has 5 heteroatoms. The minimum atomic E-state index is -0.00322. The summed E-state index contributed by atoms with van der Waals surface area (Å²) in [6, 6.07) is 57.4. The molecule has 2 aromatic heterocycles. The third-order valence-corrected chi connectivity index (χ3v) is 12.2. The van der Waals surface area contributed by atoms with Crippen LogP contribution >= 0.6 is 0 Å². The van der Waals surface area contributed by atoms with Crippen molar-refractivity contribution in [2.45, 2.75) is 37.5 Å². The van der Waals surface area contributed by atoms with E-state index in [-0.39, 0.29) is 5.41 Å². The molecule has 2 heterocycles. The van der Waals surface area contributed by atoms with E-state index >= 15 is 0 Å². The summed E-state index contributed by atoms with van der Waals surface area (Å²) in [4.78, 5) is 14.9. The highest BCUT2D eigenvalue weighted by molar-refractivity contribution is 6.05. The number of furan rings is 1. The number of fused-ring (bicyclic) bond motifs is 8. The summed E-state index contributed by atoms with van der Waals surface area (Å²) in [6.45, 7) is 0. The van der Waals surface area contributed by atoms with E-state index in [1.165, 1.54) is 52.6 Å². The van der Waals surface area contributed by atoms with Crippen LogP contribution in [0.3, 0.4) is 0 Å². The van der Waals surface area contributed by atoms with E-state index < -0.39 is 0 Å². The van der Waals surface area contributed by atoms with E-state index in [4.69, 9.17) is 19.4 Å². The lowest BCUT2D eigenvalue weighted by Crippen LogP contribution is -2.28. The van der Waals surface area contributed by atoms with E-state index in [2.05, 4.69) is 103 Å². The van der Waals surface area contributed by atoms with Crippen LogP contribution in [0.5, 0.6) is 0 Å². The smallest absolute Gasteiger partial charge is 0.164 e. The second kappa shape index (κ2) is 13.3. The van der Waals surface area contributed by atoms with Crippen LogP contribution < -0.4 is 0 Å². The molecule has 9 aromatic rings. The maximum Gasteiger partial charge on any atom is 0.164 e.